The van der Waals surface area contributed by atoms with E-state index in [2.05, 4.69) is 0 Å². The third-order valence-corrected chi connectivity index (χ3v) is 4.80. The summed E-state index contributed by atoms with van der Waals surface area (Å²) in [7, 11) is 1.37. The maximum absolute atomic E-state index is 12.4. The number of benzene rings is 2. The lowest BCUT2D eigenvalue weighted by Crippen LogP contribution is -2.41. The van der Waals surface area contributed by atoms with E-state index < -0.39 is 6.04 Å². The second-order valence-corrected chi connectivity index (χ2v) is 6.68. The topological polar surface area (TPSA) is 55.8 Å². The van der Waals surface area contributed by atoms with Gasteiger partial charge in [-0.2, -0.15) is 0 Å². The van der Waals surface area contributed by atoms with Crippen molar-refractivity contribution in [1.82, 2.24) is 4.90 Å². The molecule has 0 N–H and O–H groups in total. The molecule has 1 saturated heterocycles. The van der Waals surface area contributed by atoms with Gasteiger partial charge in [0, 0.05) is 13.0 Å². The summed E-state index contributed by atoms with van der Waals surface area (Å²) in [6.07, 6.45) is 3.56. The third-order valence-electron chi connectivity index (χ3n) is 4.80. The SMILES string of the molecule is COC(=O)[C@@H]1CCCN1C(=O)CCCc1ccc(Oc2ccccc2)cc1. The summed E-state index contributed by atoms with van der Waals surface area (Å²) in [6.45, 7) is 0.643. The lowest BCUT2D eigenvalue weighted by Gasteiger charge is -2.22. The lowest BCUT2D eigenvalue weighted by molar-refractivity contribution is -0.151. The van der Waals surface area contributed by atoms with Crippen molar-refractivity contribution in [3.8, 4) is 11.5 Å². The number of carbonyl (C=O) groups is 2. The average Bonchev–Trinajstić information content (AvgIpc) is 3.19. The van der Waals surface area contributed by atoms with Gasteiger partial charge in [-0.15, -0.1) is 0 Å². The van der Waals surface area contributed by atoms with Crippen molar-refractivity contribution in [3.63, 3.8) is 0 Å². The van der Waals surface area contributed by atoms with E-state index in [0.29, 0.717) is 19.4 Å². The monoisotopic (exact) mass is 367 g/mol. The molecule has 1 aliphatic heterocycles. The van der Waals surface area contributed by atoms with Crippen LogP contribution in [0, 0.1) is 0 Å². The summed E-state index contributed by atoms with van der Waals surface area (Å²) < 4.78 is 10.6. The van der Waals surface area contributed by atoms with Crippen molar-refractivity contribution in [2.24, 2.45) is 0 Å². The normalized spacial score (nSPS) is 16.2. The van der Waals surface area contributed by atoms with Gasteiger partial charge in [-0.25, -0.2) is 4.79 Å². The summed E-state index contributed by atoms with van der Waals surface area (Å²) in [5.41, 5.74) is 1.16. The predicted molar refractivity (Wildman–Crippen MR) is 103 cm³/mol. The Balaban J connectivity index is 1.46. The Morgan fingerprint density at radius 2 is 1.74 bits per heavy atom. The van der Waals surface area contributed by atoms with Crippen molar-refractivity contribution >= 4 is 11.9 Å². The molecule has 0 aromatic heterocycles. The van der Waals surface area contributed by atoms with Crippen LogP contribution in [0.2, 0.25) is 0 Å². The smallest absolute Gasteiger partial charge is 0.328 e. The molecule has 0 bridgehead atoms. The number of para-hydroxylation sites is 1. The zero-order valence-electron chi connectivity index (χ0n) is 15.6. The highest BCUT2D eigenvalue weighted by molar-refractivity contribution is 5.85. The van der Waals surface area contributed by atoms with Gasteiger partial charge in [0.15, 0.2) is 0 Å². The van der Waals surface area contributed by atoms with Crippen LogP contribution in [-0.4, -0.2) is 36.5 Å². The summed E-state index contributed by atoms with van der Waals surface area (Å²) >= 11 is 0. The number of hydrogen-bond acceptors (Lipinski definition) is 4. The Labute approximate surface area is 159 Å². The minimum absolute atomic E-state index is 0.0342. The van der Waals surface area contributed by atoms with Gasteiger partial charge < -0.3 is 14.4 Å². The number of rotatable bonds is 7. The number of esters is 1. The Hall–Kier alpha value is -2.82. The highest BCUT2D eigenvalue weighted by Gasteiger charge is 2.34. The van der Waals surface area contributed by atoms with Gasteiger partial charge in [0.2, 0.25) is 5.91 Å². The van der Waals surface area contributed by atoms with Crippen LogP contribution in [0.1, 0.15) is 31.2 Å². The van der Waals surface area contributed by atoms with Crippen LogP contribution in [0.25, 0.3) is 0 Å². The van der Waals surface area contributed by atoms with E-state index in [4.69, 9.17) is 9.47 Å². The molecule has 3 rings (SSSR count). The van der Waals surface area contributed by atoms with E-state index in [1.807, 2.05) is 54.6 Å². The molecular formula is C22H25NO4. The average molecular weight is 367 g/mol. The minimum Gasteiger partial charge on any atom is -0.467 e. The van der Waals surface area contributed by atoms with Crippen LogP contribution < -0.4 is 4.74 Å². The van der Waals surface area contributed by atoms with Crippen LogP contribution in [-0.2, 0) is 20.7 Å². The number of carbonyl (C=O) groups excluding carboxylic acids is 2. The van der Waals surface area contributed by atoms with Crippen molar-refractivity contribution < 1.29 is 19.1 Å². The van der Waals surface area contributed by atoms with E-state index >= 15 is 0 Å². The van der Waals surface area contributed by atoms with Crippen molar-refractivity contribution in [1.29, 1.82) is 0 Å². The summed E-state index contributed by atoms with van der Waals surface area (Å²) in [6, 6.07) is 17.2. The molecule has 2 aromatic carbocycles. The van der Waals surface area contributed by atoms with Crippen molar-refractivity contribution in [2.75, 3.05) is 13.7 Å². The molecule has 0 spiro atoms. The van der Waals surface area contributed by atoms with E-state index in [1.165, 1.54) is 7.11 Å². The molecule has 0 aliphatic carbocycles. The van der Waals surface area contributed by atoms with Crippen LogP contribution in [0.5, 0.6) is 11.5 Å². The van der Waals surface area contributed by atoms with Gasteiger partial charge in [-0.05, 0) is 55.5 Å². The van der Waals surface area contributed by atoms with Gasteiger partial charge in [-0.1, -0.05) is 30.3 Å². The summed E-state index contributed by atoms with van der Waals surface area (Å²) in [5.74, 6) is 1.32. The van der Waals surface area contributed by atoms with Crippen LogP contribution in [0.3, 0.4) is 0 Å². The Bertz CT molecular complexity index is 758. The second-order valence-electron chi connectivity index (χ2n) is 6.68. The van der Waals surface area contributed by atoms with Crippen LogP contribution in [0.4, 0.5) is 0 Å². The molecule has 0 saturated carbocycles. The first-order valence-electron chi connectivity index (χ1n) is 9.36. The summed E-state index contributed by atoms with van der Waals surface area (Å²) in [5, 5.41) is 0. The number of nitrogens with zero attached hydrogens (tertiary/aromatic N) is 1. The molecule has 0 radical (unpaired) electrons. The second kappa shape index (κ2) is 9.21. The van der Waals surface area contributed by atoms with Gasteiger partial charge in [0.05, 0.1) is 7.11 Å². The van der Waals surface area contributed by atoms with E-state index in [1.54, 1.807) is 4.90 Å². The Morgan fingerprint density at radius 3 is 2.44 bits per heavy atom. The molecule has 1 heterocycles. The molecule has 0 unspecified atom stereocenters. The quantitative estimate of drug-likeness (QED) is 0.695. The molecule has 2 aromatic rings. The van der Waals surface area contributed by atoms with E-state index in [9.17, 15) is 9.59 Å². The predicted octanol–water partition coefficient (Wildman–Crippen LogP) is 3.97. The molecule has 5 heteroatoms. The van der Waals surface area contributed by atoms with Crippen molar-refractivity contribution in [3.05, 3.63) is 60.2 Å². The standard InChI is InChI=1S/C22H25NO4/c1-26-22(25)20-10-6-16-23(20)21(24)11-5-7-17-12-14-19(15-13-17)27-18-8-3-2-4-9-18/h2-4,8-9,12-15,20H,5-7,10-11,16H2,1H3/t20-/m0/s1. The molecule has 1 aliphatic rings. The fourth-order valence-electron chi connectivity index (χ4n) is 3.38. The zero-order valence-corrected chi connectivity index (χ0v) is 15.6. The van der Waals surface area contributed by atoms with E-state index in [-0.39, 0.29) is 11.9 Å². The van der Waals surface area contributed by atoms with Gasteiger partial charge in [-0.3, -0.25) is 4.79 Å². The van der Waals surface area contributed by atoms with Gasteiger partial charge in [0.1, 0.15) is 17.5 Å². The number of likely N-dealkylation sites (tertiary alicyclic amines) is 1. The number of hydrogen-bond donors (Lipinski definition) is 0. The first-order valence-corrected chi connectivity index (χ1v) is 9.36. The van der Waals surface area contributed by atoms with Gasteiger partial charge >= 0.3 is 5.97 Å². The zero-order chi connectivity index (χ0) is 19.1. The summed E-state index contributed by atoms with van der Waals surface area (Å²) in [4.78, 5) is 25.9. The maximum atomic E-state index is 12.4. The lowest BCUT2D eigenvalue weighted by atomic mass is 10.1. The van der Waals surface area contributed by atoms with Crippen molar-refractivity contribution in [2.45, 2.75) is 38.1 Å². The largest absolute Gasteiger partial charge is 0.467 e. The number of amides is 1. The first-order chi connectivity index (χ1) is 13.2. The molecule has 142 valence electrons. The molecule has 1 fully saturated rings. The first kappa shape index (κ1) is 19.0. The minimum atomic E-state index is -0.406. The maximum Gasteiger partial charge on any atom is 0.328 e. The molecule has 27 heavy (non-hydrogen) atoms. The third kappa shape index (κ3) is 5.09. The fraction of sp³-hybridized carbons (Fsp3) is 0.364. The highest BCUT2D eigenvalue weighted by Crippen LogP contribution is 2.23. The Morgan fingerprint density at radius 1 is 1.04 bits per heavy atom. The van der Waals surface area contributed by atoms with Crippen LogP contribution in [0.15, 0.2) is 54.6 Å². The molecule has 1 amide bonds. The molecule has 1 atom stereocenters. The van der Waals surface area contributed by atoms with E-state index in [0.717, 1.165) is 36.3 Å². The number of methoxy groups -OCH3 is 1. The highest BCUT2D eigenvalue weighted by atomic mass is 16.5. The molecular weight excluding hydrogens is 342 g/mol. The Kier molecular flexibility index (Phi) is 6.47. The number of ether oxygens (including phenoxy) is 2. The number of aryl methyl sites for hydroxylation is 1. The fourth-order valence-corrected chi connectivity index (χ4v) is 3.38. The van der Waals surface area contributed by atoms with Crippen LogP contribution >= 0.6 is 0 Å². The molecule has 5 nitrogen and oxygen atoms in total. The van der Waals surface area contributed by atoms with Gasteiger partial charge in [0.25, 0.3) is 0 Å².